The van der Waals surface area contributed by atoms with Gasteiger partial charge >= 0.3 is 0 Å². The fourth-order valence-electron chi connectivity index (χ4n) is 2.25. The normalized spacial score (nSPS) is 33.4. The Hall–Kier alpha value is -0.920. The summed E-state index contributed by atoms with van der Waals surface area (Å²) in [5.74, 6) is 1.38. The Bertz CT molecular complexity index is 276. The van der Waals surface area contributed by atoms with Crippen LogP contribution in [0.2, 0.25) is 0 Å². The molecule has 0 aromatic rings. The van der Waals surface area contributed by atoms with E-state index in [1.165, 1.54) is 0 Å². The Morgan fingerprint density at radius 1 is 1.42 bits per heavy atom. The van der Waals surface area contributed by atoms with Gasteiger partial charge in [-0.25, -0.2) is 0 Å². The standard InChI is InChI=1S/C10H12O2/c1-6(11)7-2-8-4-10(12)5-9(8)3-7/h2,8-9H,3-5H2,1H3/t8?,9-/m0/s1. The molecule has 0 N–H and O–H groups in total. The lowest BCUT2D eigenvalue weighted by Crippen LogP contribution is -1.99. The first-order valence-corrected chi connectivity index (χ1v) is 4.40. The molecule has 1 unspecified atom stereocenters. The summed E-state index contributed by atoms with van der Waals surface area (Å²) in [7, 11) is 0. The van der Waals surface area contributed by atoms with Gasteiger partial charge in [-0.15, -0.1) is 0 Å². The van der Waals surface area contributed by atoms with Crippen LogP contribution >= 0.6 is 0 Å². The van der Waals surface area contributed by atoms with E-state index in [9.17, 15) is 9.59 Å². The van der Waals surface area contributed by atoms with E-state index in [-0.39, 0.29) is 5.78 Å². The highest BCUT2D eigenvalue weighted by Crippen LogP contribution is 2.41. The molecular weight excluding hydrogens is 152 g/mol. The van der Waals surface area contributed by atoms with Gasteiger partial charge < -0.3 is 0 Å². The number of rotatable bonds is 1. The number of Topliss-reactive ketones (excluding diaryl/α,β-unsaturated/α-hetero) is 2. The van der Waals surface area contributed by atoms with Gasteiger partial charge in [-0.3, -0.25) is 9.59 Å². The summed E-state index contributed by atoms with van der Waals surface area (Å²) < 4.78 is 0. The van der Waals surface area contributed by atoms with Gasteiger partial charge in [0.25, 0.3) is 0 Å². The number of carbonyl (C=O) groups excluding carboxylic acids is 2. The largest absolute Gasteiger partial charge is 0.300 e. The molecule has 0 aromatic carbocycles. The third kappa shape index (κ3) is 1.11. The molecule has 12 heavy (non-hydrogen) atoms. The van der Waals surface area contributed by atoms with Gasteiger partial charge in [0.05, 0.1) is 0 Å². The van der Waals surface area contributed by atoms with E-state index in [0.29, 0.717) is 30.5 Å². The van der Waals surface area contributed by atoms with E-state index >= 15 is 0 Å². The van der Waals surface area contributed by atoms with Crippen LogP contribution in [0.4, 0.5) is 0 Å². The molecule has 2 aliphatic carbocycles. The lowest BCUT2D eigenvalue weighted by molar-refractivity contribution is -0.118. The van der Waals surface area contributed by atoms with Crippen molar-refractivity contribution >= 4 is 11.6 Å². The molecule has 2 atom stereocenters. The second kappa shape index (κ2) is 2.54. The fourth-order valence-corrected chi connectivity index (χ4v) is 2.25. The van der Waals surface area contributed by atoms with Gasteiger partial charge in [-0.05, 0) is 30.8 Å². The van der Waals surface area contributed by atoms with Crippen molar-refractivity contribution in [2.75, 3.05) is 0 Å². The van der Waals surface area contributed by atoms with Crippen molar-refractivity contribution in [1.82, 2.24) is 0 Å². The average molecular weight is 164 g/mol. The summed E-state index contributed by atoms with van der Waals surface area (Å²) in [5, 5.41) is 0. The van der Waals surface area contributed by atoms with Crippen LogP contribution in [0, 0.1) is 11.8 Å². The zero-order valence-electron chi connectivity index (χ0n) is 7.17. The van der Waals surface area contributed by atoms with E-state index in [1.54, 1.807) is 6.92 Å². The average Bonchev–Trinajstić information content (AvgIpc) is 2.42. The van der Waals surface area contributed by atoms with Gasteiger partial charge in [-0.2, -0.15) is 0 Å². The highest BCUT2D eigenvalue weighted by Gasteiger charge is 2.36. The minimum absolute atomic E-state index is 0.178. The minimum atomic E-state index is 0.178. The molecule has 0 heterocycles. The van der Waals surface area contributed by atoms with Crippen LogP contribution < -0.4 is 0 Å². The SMILES string of the molecule is CC(=O)C1=CC2CC(=O)C[C@@H]2C1. The van der Waals surface area contributed by atoms with E-state index < -0.39 is 0 Å². The third-order valence-electron chi connectivity index (χ3n) is 2.91. The quantitative estimate of drug-likeness (QED) is 0.588. The highest BCUT2D eigenvalue weighted by molar-refractivity contribution is 5.94. The number of ketones is 2. The molecule has 2 rings (SSSR count). The molecule has 0 radical (unpaired) electrons. The maximum atomic E-state index is 11.0. The second-order valence-corrected chi connectivity index (χ2v) is 3.82. The van der Waals surface area contributed by atoms with Crippen molar-refractivity contribution in [3.8, 4) is 0 Å². The van der Waals surface area contributed by atoms with Crippen LogP contribution in [-0.2, 0) is 9.59 Å². The fraction of sp³-hybridized carbons (Fsp3) is 0.600. The van der Waals surface area contributed by atoms with Crippen molar-refractivity contribution in [3.05, 3.63) is 11.6 Å². The van der Waals surface area contributed by atoms with E-state index in [2.05, 4.69) is 0 Å². The van der Waals surface area contributed by atoms with Gasteiger partial charge in [0.2, 0.25) is 0 Å². The van der Waals surface area contributed by atoms with Crippen molar-refractivity contribution in [3.63, 3.8) is 0 Å². The van der Waals surface area contributed by atoms with Gasteiger partial charge in [0.15, 0.2) is 5.78 Å². The molecule has 0 aliphatic heterocycles. The van der Waals surface area contributed by atoms with Gasteiger partial charge in [0.1, 0.15) is 5.78 Å². The van der Waals surface area contributed by atoms with Crippen LogP contribution in [0.25, 0.3) is 0 Å². The summed E-state index contributed by atoms with van der Waals surface area (Å²) in [6.07, 6.45) is 4.21. The van der Waals surface area contributed by atoms with E-state index in [0.717, 1.165) is 12.0 Å². The second-order valence-electron chi connectivity index (χ2n) is 3.82. The Labute approximate surface area is 71.6 Å². The van der Waals surface area contributed by atoms with Crippen LogP contribution in [0.3, 0.4) is 0 Å². The predicted octanol–water partition coefficient (Wildman–Crippen LogP) is 1.50. The van der Waals surface area contributed by atoms with Gasteiger partial charge in [0, 0.05) is 12.8 Å². The van der Waals surface area contributed by atoms with Crippen LogP contribution in [0.1, 0.15) is 26.2 Å². The number of hydrogen-bond donors (Lipinski definition) is 0. The van der Waals surface area contributed by atoms with E-state index in [1.807, 2.05) is 6.08 Å². The lowest BCUT2D eigenvalue weighted by atomic mass is 9.99. The first-order valence-electron chi connectivity index (χ1n) is 4.40. The smallest absolute Gasteiger partial charge is 0.155 e. The molecule has 0 bridgehead atoms. The molecular formula is C10H12O2. The maximum Gasteiger partial charge on any atom is 0.155 e. The summed E-state index contributed by atoms with van der Waals surface area (Å²) in [6, 6.07) is 0. The van der Waals surface area contributed by atoms with Crippen LogP contribution in [0.5, 0.6) is 0 Å². The Morgan fingerprint density at radius 2 is 2.17 bits per heavy atom. The van der Waals surface area contributed by atoms with Gasteiger partial charge in [-0.1, -0.05) is 6.08 Å². The van der Waals surface area contributed by atoms with Crippen molar-refractivity contribution in [2.45, 2.75) is 26.2 Å². The predicted molar refractivity (Wildman–Crippen MR) is 44.6 cm³/mol. The van der Waals surface area contributed by atoms with Crippen molar-refractivity contribution in [2.24, 2.45) is 11.8 Å². The zero-order chi connectivity index (χ0) is 8.72. The van der Waals surface area contributed by atoms with Crippen molar-refractivity contribution < 1.29 is 9.59 Å². The molecule has 1 saturated carbocycles. The van der Waals surface area contributed by atoms with Crippen molar-refractivity contribution in [1.29, 1.82) is 0 Å². The molecule has 2 nitrogen and oxygen atoms in total. The zero-order valence-corrected chi connectivity index (χ0v) is 7.17. The summed E-state index contributed by atoms with van der Waals surface area (Å²) in [4.78, 5) is 22.0. The van der Waals surface area contributed by atoms with Crippen LogP contribution in [0.15, 0.2) is 11.6 Å². The summed E-state index contributed by atoms with van der Waals surface area (Å²) in [6.45, 7) is 1.61. The highest BCUT2D eigenvalue weighted by atomic mass is 16.1. The molecule has 2 aliphatic rings. The number of carbonyl (C=O) groups is 2. The molecule has 2 heteroatoms. The van der Waals surface area contributed by atoms with Crippen LogP contribution in [-0.4, -0.2) is 11.6 Å². The third-order valence-corrected chi connectivity index (χ3v) is 2.91. The number of allylic oxidation sites excluding steroid dienone is 2. The number of fused-ring (bicyclic) bond motifs is 1. The molecule has 0 aromatic heterocycles. The molecule has 0 saturated heterocycles. The monoisotopic (exact) mass is 164 g/mol. The molecule has 0 spiro atoms. The Balaban J connectivity index is 2.15. The molecule has 1 fully saturated rings. The van der Waals surface area contributed by atoms with E-state index in [4.69, 9.17) is 0 Å². The molecule has 0 amide bonds. The first-order chi connectivity index (χ1) is 5.66. The summed E-state index contributed by atoms with van der Waals surface area (Å²) in [5.41, 5.74) is 0.942. The summed E-state index contributed by atoms with van der Waals surface area (Å²) >= 11 is 0. The number of hydrogen-bond acceptors (Lipinski definition) is 2. The Morgan fingerprint density at radius 3 is 2.75 bits per heavy atom. The molecule has 64 valence electrons. The maximum absolute atomic E-state index is 11.0. The topological polar surface area (TPSA) is 34.1 Å². The Kier molecular flexibility index (Phi) is 1.63. The minimum Gasteiger partial charge on any atom is -0.300 e. The lowest BCUT2D eigenvalue weighted by Gasteiger charge is -2.04. The first kappa shape index (κ1) is 7.71.